The van der Waals surface area contributed by atoms with Crippen LogP contribution in [0.15, 0.2) is 12.1 Å². The van der Waals surface area contributed by atoms with Crippen molar-refractivity contribution in [2.75, 3.05) is 20.8 Å². The summed E-state index contributed by atoms with van der Waals surface area (Å²) in [7, 11) is 2.91. The SMILES string of the molecule is COc1cc(F)c(C(C)NC(=O)[C@@H]2CC[C@H](CN)O2)cc1OC. The molecule has 0 radical (unpaired) electrons. The van der Waals surface area contributed by atoms with Crippen molar-refractivity contribution >= 4 is 5.91 Å². The van der Waals surface area contributed by atoms with Crippen LogP contribution < -0.4 is 20.5 Å². The third-order valence-corrected chi connectivity index (χ3v) is 3.99. The molecule has 1 heterocycles. The van der Waals surface area contributed by atoms with Crippen LogP contribution in [0.3, 0.4) is 0 Å². The molecule has 1 aliphatic rings. The first-order valence-electron chi connectivity index (χ1n) is 7.57. The lowest BCUT2D eigenvalue weighted by Gasteiger charge is -2.19. The van der Waals surface area contributed by atoms with Gasteiger partial charge in [0.05, 0.1) is 26.4 Å². The molecule has 1 unspecified atom stereocenters. The van der Waals surface area contributed by atoms with E-state index < -0.39 is 18.0 Å². The maximum Gasteiger partial charge on any atom is 0.249 e. The summed E-state index contributed by atoms with van der Waals surface area (Å²) in [4.78, 5) is 12.2. The minimum absolute atomic E-state index is 0.0844. The van der Waals surface area contributed by atoms with E-state index in [9.17, 15) is 9.18 Å². The average Bonchev–Trinajstić information content (AvgIpc) is 3.03. The molecule has 1 amide bonds. The number of nitrogens with two attached hydrogens (primary N) is 1. The Morgan fingerprint density at radius 1 is 1.39 bits per heavy atom. The van der Waals surface area contributed by atoms with Crippen LogP contribution in [0.5, 0.6) is 11.5 Å². The number of halogens is 1. The molecule has 1 aromatic rings. The van der Waals surface area contributed by atoms with Gasteiger partial charge in [-0.1, -0.05) is 0 Å². The third kappa shape index (κ3) is 3.92. The van der Waals surface area contributed by atoms with Gasteiger partial charge < -0.3 is 25.3 Å². The molecule has 3 atom stereocenters. The molecule has 0 saturated carbocycles. The second kappa shape index (κ2) is 7.61. The molecular formula is C16H23FN2O4. The molecule has 1 aliphatic heterocycles. The summed E-state index contributed by atoms with van der Waals surface area (Å²) in [6.07, 6.45) is 0.760. The predicted octanol–water partition coefficient (Wildman–Crippen LogP) is 1.53. The van der Waals surface area contributed by atoms with Gasteiger partial charge in [-0.3, -0.25) is 4.79 Å². The second-order valence-corrected chi connectivity index (χ2v) is 5.52. The Labute approximate surface area is 135 Å². The lowest BCUT2D eigenvalue weighted by atomic mass is 10.1. The summed E-state index contributed by atoms with van der Waals surface area (Å²) in [6, 6.07) is 2.24. The average molecular weight is 326 g/mol. The van der Waals surface area contributed by atoms with Crippen molar-refractivity contribution in [3.05, 3.63) is 23.5 Å². The zero-order valence-electron chi connectivity index (χ0n) is 13.6. The number of carbonyl (C=O) groups excluding carboxylic acids is 1. The Hall–Kier alpha value is -1.86. The highest BCUT2D eigenvalue weighted by molar-refractivity contribution is 5.81. The Kier molecular flexibility index (Phi) is 5.79. The maximum atomic E-state index is 14.2. The summed E-state index contributed by atoms with van der Waals surface area (Å²) in [5.74, 6) is -0.0206. The number of hydrogen-bond donors (Lipinski definition) is 2. The molecule has 6 nitrogen and oxygen atoms in total. The molecule has 23 heavy (non-hydrogen) atoms. The van der Waals surface area contributed by atoms with Gasteiger partial charge in [0.2, 0.25) is 5.91 Å². The van der Waals surface area contributed by atoms with Crippen LogP contribution >= 0.6 is 0 Å². The quantitative estimate of drug-likeness (QED) is 0.828. The van der Waals surface area contributed by atoms with E-state index in [4.69, 9.17) is 19.9 Å². The molecule has 128 valence electrons. The normalized spacial score (nSPS) is 21.8. The predicted molar refractivity (Wildman–Crippen MR) is 83.0 cm³/mol. The van der Waals surface area contributed by atoms with E-state index in [0.717, 1.165) is 6.42 Å². The number of ether oxygens (including phenoxy) is 3. The fourth-order valence-electron chi connectivity index (χ4n) is 2.66. The van der Waals surface area contributed by atoms with Crippen molar-refractivity contribution in [1.29, 1.82) is 0 Å². The first-order chi connectivity index (χ1) is 11.0. The van der Waals surface area contributed by atoms with Gasteiger partial charge in [0, 0.05) is 18.2 Å². The lowest BCUT2D eigenvalue weighted by molar-refractivity contribution is -0.132. The monoisotopic (exact) mass is 326 g/mol. The number of hydrogen-bond acceptors (Lipinski definition) is 5. The van der Waals surface area contributed by atoms with Crippen LogP contribution in [0.4, 0.5) is 4.39 Å². The minimum atomic E-state index is -0.533. The first-order valence-corrected chi connectivity index (χ1v) is 7.57. The minimum Gasteiger partial charge on any atom is -0.493 e. The number of rotatable bonds is 6. The fourth-order valence-corrected chi connectivity index (χ4v) is 2.66. The number of amides is 1. The fraction of sp³-hybridized carbons (Fsp3) is 0.562. The van der Waals surface area contributed by atoms with Crippen LogP contribution in [-0.4, -0.2) is 38.9 Å². The highest BCUT2D eigenvalue weighted by Gasteiger charge is 2.31. The Morgan fingerprint density at radius 2 is 2.04 bits per heavy atom. The summed E-state index contributed by atoms with van der Waals surface area (Å²) in [5, 5.41) is 2.77. The Balaban J connectivity index is 2.08. The van der Waals surface area contributed by atoms with Crippen LogP contribution in [0, 0.1) is 5.82 Å². The van der Waals surface area contributed by atoms with Crippen LogP contribution in [0.2, 0.25) is 0 Å². The summed E-state index contributed by atoms with van der Waals surface area (Å²) >= 11 is 0. The molecular weight excluding hydrogens is 303 g/mol. The molecule has 1 aromatic carbocycles. The second-order valence-electron chi connectivity index (χ2n) is 5.52. The van der Waals surface area contributed by atoms with E-state index in [0.29, 0.717) is 30.0 Å². The maximum absolute atomic E-state index is 14.2. The molecule has 2 rings (SSSR count). The topological polar surface area (TPSA) is 82.8 Å². The summed E-state index contributed by atoms with van der Waals surface area (Å²) in [6.45, 7) is 2.10. The summed E-state index contributed by atoms with van der Waals surface area (Å²) in [5.41, 5.74) is 5.86. The van der Waals surface area contributed by atoms with E-state index in [1.54, 1.807) is 6.92 Å². The van der Waals surface area contributed by atoms with Gasteiger partial charge in [-0.2, -0.15) is 0 Å². The van der Waals surface area contributed by atoms with Crippen molar-refractivity contribution in [2.45, 2.75) is 38.0 Å². The van der Waals surface area contributed by atoms with Gasteiger partial charge in [0.1, 0.15) is 11.9 Å². The Bertz CT molecular complexity index is 567. The molecule has 3 N–H and O–H groups in total. The van der Waals surface area contributed by atoms with Gasteiger partial charge in [-0.05, 0) is 25.8 Å². The highest BCUT2D eigenvalue weighted by atomic mass is 19.1. The van der Waals surface area contributed by atoms with Crippen LogP contribution in [0.25, 0.3) is 0 Å². The van der Waals surface area contributed by atoms with Crippen LogP contribution in [-0.2, 0) is 9.53 Å². The molecule has 0 bridgehead atoms. The van der Waals surface area contributed by atoms with Gasteiger partial charge >= 0.3 is 0 Å². The smallest absolute Gasteiger partial charge is 0.249 e. The molecule has 1 fully saturated rings. The van der Waals surface area contributed by atoms with Crippen molar-refractivity contribution in [3.63, 3.8) is 0 Å². The summed E-state index contributed by atoms with van der Waals surface area (Å²) < 4.78 is 30.0. The lowest BCUT2D eigenvalue weighted by Crippen LogP contribution is -2.37. The molecule has 1 saturated heterocycles. The van der Waals surface area contributed by atoms with Crippen molar-refractivity contribution in [3.8, 4) is 11.5 Å². The molecule has 0 aliphatic carbocycles. The van der Waals surface area contributed by atoms with E-state index in [1.807, 2.05) is 0 Å². The number of methoxy groups -OCH3 is 2. The number of nitrogens with one attached hydrogen (secondary N) is 1. The van der Waals surface area contributed by atoms with Crippen LogP contribution in [0.1, 0.15) is 31.4 Å². The largest absolute Gasteiger partial charge is 0.493 e. The van der Waals surface area contributed by atoms with Gasteiger partial charge in [-0.25, -0.2) is 4.39 Å². The Morgan fingerprint density at radius 3 is 2.61 bits per heavy atom. The van der Waals surface area contributed by atoms with E-state index in [2.05, 4.69) is 5.32 Å². The van der Waals surface area contributed by atoms with Crippen molar-refractivity contribution in [1.82, 2.24) is 5.32 Å². The zero-order chi connectivity index (χ0) is 17.0. The highest BCUT2D eigenvalue weighted by Crippen LogP contribution is 2.32. The van der Waals surface area contributed by atoms with Gasteiger partial charge in [-0.15, -0.1) is 0 Å². The van der Waals surface area contributed by atoms with E-state index >= 15 is 0 Å². The number of carbonyl (C=O) groups is 1. The van der Waals surface area contributed by atoms with E-state index in [1.165, 1.54) is 26.4 Å². The molecule has 7 heteroatoms. The third-order valence-electron chi connectivity index (χ3n) is 3.99. The molecule has 0 aromatic heterocycles. The zero-order valence-corrected chi connectivity index (χ0v) is 13.6. The van der Waals surface area contributed by atoms with E-state index in [-0.39, 0.29) is 12.0 Å². The van der Waals surface area contributed by atoms with Gasteiger partial charge in [0.25, 0.3) is 0 Å². The first kappa shape index (κ1) is 17.5. The standard InChI is InChI=1S/C16H23FN2O4/c1-9(19-16(20)13-5-4-10(8-18)23-13)11-6-14(21-2)15(22-3)7-12(11)17/h6-7,9-10,13H,4-5,8,18H2,1-3H3,(H,19,20)/t9?,10-,13+/m1/s1. The van der Waals surface area contributed by atoms with Gasteiger partial charge in [0.15, 0.2) is 11.5 Å². The van der Waals surface area contributed by atoms with Crippen molar-refractivity contribution in [2.24, 2.45) is 5.73 Å². The van der Waals surface area contributed by atoms with Crippen molar-refractivity contribution < 1.29 is 23.4 Å². The number of benzene rings is 1. The molecule has 0 spiro atoms.